The van der Waals surface area contributed by atoms with Crippen LogP contribution in [-0.2, 0) is 14.3 Å². The number of amides is 1. The summed E-state index contributed by atoms with van der Waals surface area (Å²) in [5, 5.41) is 0. The molecule has 4 heteroatoms. The predicted octanol–water partition coefficient (Wildman–Crippen LogP) is 2.61. The van der Waals surface area contributed by atoms with E-state index in [1.165, 1.54) is 38.5 Å². The van der Waals surface area contributed by atoms with Gasteiger partial charge in [-0.15, -0.1) is 0 Å². The van der Waals surface area contributed by atoms with Crippen molar-refractivity contribution in [1.82, 2.24) is 4.90 Å². The third kappa shape index (κ3) is 2.65. The van der Waals surface area contributed by atoms with Crippen molar-refractivity contribution in [1.29, 1.82) is 0 Å². The van der Waals surface area contributed by atoms with Gasteiger partial charge in [-0.3, -0.25) is 9.59 Å². The smallest absolute Gasteiger partial charge is 0.306 e. The number of cyclic esters (lactones) is 1. The molecule has 0 aromatic rings. The standard InChI is InChI=1S/C18H27NO3/c1-19(16(20)5-15-6-17(21)22-10-15)11-18-7-12-2-13(8-18)4-14(3-12)9-18/h12-15H,2-11H2,1H3/t12?,13?,14?,15-,18?/m0/s1. The summed E-state index contributed by atoms with van der Waals surface area (Å²) in [4.78, 5) is 25.6. The van der Waals surface area contributed by atoms with Gasteiger partial charge in [0.25, 0.3) is 0 Å². The minimum Gasteiger partial charge on any atom is -0.465 e. The summed E-state index contributed by atoms with van der Waals surface area (Å²) in [6.45, 7) is 1.35. The fraction of sp³-hybridized carbons (Fsp3) is 0.889. The molecule has 4 aliphatic carbocycles. The molecular weight excluding hydrogens is 278 g/mol. The van der Waals surface area contributed by atoms with Gasteiger partial charge in [0.2, 0.25) is 5.91 Å². The van der Waals surface area contributed by atoms with Crippen LogP contribution in [0.25, 0.3) is 0 Å². The minimum atomic E-state index is -0.151. The zero-order valence-corrected chi connectivity index (χ0v) is 13.6. The number of carbonyl (C=O) groups is 2. The van der Waals surface area contributed by atoms with Gasteiger partial charge in [-0.05, 0) is 61.7 Å². The SMILES string of the molecule is CN(CC12CC3CC(CC(C3)C1)C2)C(=O)C[C@@H]1COC(=O)C1. The average molecular weight is 305 g/mol. The summed E-state index contributed by atoms with van der Waals surface area (Å²) in [6.07, 6.45) is 9.21. The Balaban J connectivity index is 1.36. The van der Waals surface area contributed by atoms with Gasteiger partial charge in [-0.1, -0.05) is 0 Å². The van der Waals surface area contributed by atoms with E-state index in [-0.39, 0.29) is 17.8 Å². The Hall–Kier alpha value is -1.06. The molecule has 122 valence electrons. The zero-order valence-electron chi connectivity index (χ0n) is 13.6. The molecule has 0 unspecified atom stereocenters. The first-order valence-electron chi connectivity index (χ1n) is 8.91. The van der Waals surface area contributed by atoms with Crippen LogP contribution in [0.1, 0.15) is 51.4 Å². The number of esters is 1. The van der Waals surface area contributed by atoms with Crippen LogP contribution >= 0.6 is 0 Å². The first kappa shape index (κ1) is 14.5. The van der Waals surface area contributed by atoms with Gasteiger partial charge in [0.05, 0.1) is 13.0 Å². The number of carbonyl (C=O) groups excluding carboxylic acids is 2. The summed E-state index contributed by atoms with van der Waals surface area (Å²) < 4.78 is 4.97. The first-order valence-corrected chi connectivity index (χ1v) is 8.91. The van der Waals surface area contributed by atoms with Gasteiger partial charge >= 0.3 is 5.97 Å². The molecule has 1 amide bonds. The lowest BCUT2D eigenvalue weighted by atomic mass is 9.49. The normalized spacial score (nSPS) is 42.5. The van der Waals surface area contributed by atoms with Gasteiger partial charge in [0.1, 0.15) is 0 Å². The lowest BCUT2D eigenvalue weighted by molar-refractivity contribution is -0.138. The molecule has 0 aromatic carbocycles. The highest BCUT2D eigenvalue weighted by Crippen LogP contribution is 2.60. The topological polar surface area (TPSA) is 46.6 Å². The van der Waals surface area contributed by atoms with E-state index in [1.807, 2.05) is 11.9 Å². The van der Waals surface area contributed by atoms with Crippen LogP contribution in [-0.4, -0.2) is 37.0 Å². The van der Waals surface area contributed by atoms with E-state index in [0.29, 0.717) is 24.9 Å². The maximum atomic E-state index is 12.5. The highest BCUT2D eigenvalue weighted by atomic mass is 16.5. The molecule has 0 N–H and O–H groups in total. The molecule has 1 aliphatic heterocycles. The highest BCUT2D eigenvalue weighted by molar-refractivity contribution is 5.78. The van der Waals surface area contributed by atoms with Crippen molar-refractivity contribution in [3.05, 3.63) is 0 Å². The fourth-order valence-corrected chi connectivity index (χ4v) is 6.17. The van der Waals surface area contributed by atoms with E-state index >= 15 is 0 Å². The molecule has 4 saturated carbocycles. The van der Waals surface area contributed by atoms with E-state index in [0.717, 1.165) is 24.3 Å². The summed E-state index contributed by atoms with van der Waals surface area (Å²) in [7, 11) is 1.96. The predicted molar refractivity (Wildman–Crippen MR) is 81.9 cm³/mol. The zero-order chi connectivity index (χ0) is 15.3. The molecule has 5 rings (SSSR count). The Morgan fingerprint density at radius 2 is 1.77 bits per heavy atom. The number of nitrogens with zero attached hydrogens (tertiary/aromatic N) is 1. The van der Waals surface area contributed by atoms with Crippen molar-refractivity contribution in [2.45, 2.75) is 51.4 Å². The van der Waals surface area contributed by atoms with Crippen molar-refractivity contribution >= 4 is 11.9 Å². The molecule has 5 fully saturated rings. The van der Waals surface area contributed by atoms with Gasteiger partial charge in [-0.2, -0.15) is 0 Å². The Labute approximate surface area is 132 Å². The van der Waals surface area contributed by atoms with E-state index < -0.39 is 0 Å². The lowest BCUT2D eigenvalue weighted by Gasteiger charge is -2.57. The Morgan fingerprint density at radius 3 is 2.27 bits per heavy atom. The van der Waals surface area contributed by atoms with Crippen LogP contribution in [0.2, 0.25) is 0 Å². The van der Waals surface area contributed by atoms with Crippen molar-refractivity contribution < 1.29 is 14.3 Å². The second-order valence-corrected chi connectivity index (χ2v) is 8.62. The van der Waals surface area contributed by atoms with Crippen molar-refractivity contribution in [3.63, 3.8) is 0 Å². The Bertz CT molecular complexity index is 451. The van der Waals surface area contributed by atoms with Crippen molar-refractivity contribution in [3.8, 4) is 0 Å². The van der Waals surface area contributed by atoms with Gasteiger partial charge in [0.15, 0.2) is 0 Å². The third-order valence-corrected chi connectivity index (χ3v) is 6.56. The summed E-state index contributed by atoms with van der Waals surface area (Å²) >= 11 is 0. The largest absolute Gasteiger partial charge is 0.465 e. The van der Waals surface area contributed by atoms with E-state index in [4.69, 9.17) is 4.74 Å². The summed E-state index contributed by atoms with van der Waals surface area (Å²) in [5.41, 5.74) is 0.404. The molecule has 5 aliphatic rings. The number of ether oxygens (including phenoxy) is 1. The minimum absolute atomic E-state index is 0.0961. The van der Waals surface area contributed by atoms with Crippen molar-refractivity contribution in [2.75, 3.05) is 20.2 Å². The fourth-order valence-electron chi connectivity index (χ4n) is 6.17. The molecule has 22 heavy (non-hydrogen) atoms. The Kier molecular flexibility index (Phi) is 3.46. The van der Waals surface area contributed by atoms with Crippen LogP contribution in [0.3, 0.4) is 0 Å². The molecule has 0 spiro atoms. The van der Waals surface area contributed by atoms with Gasteiger partial charge in [0, 0.05) is 25.9 Å². The molecule has 4 bridgehead atoms. The molecule has 1 saturated heterocycles. The van der Waals surface area contributed by atoms with Crippen LogP contribution in [0.15, 0.2) is 0 Å². The van der Waals surface area contributed by atoms with Gasteiger partial charge in [-0.25, -0.2) is 0 Å². The Morgan fingerprint density at radius 1 is 1.18 bits per heavy atom. The van der Waals surface area contributed by atoms with Crippen LogP contribution < -0.4 is 0 Å². The molecule has 1 atom stereocenters. The first-order chi connectivity index (χ1) is 10.5. The van der Waals surface area contributed by atoms with Crippen LogP contribution in [0, 0.1) is 29.1 Å². The third-order valence-electron chi connectivity index (χ3n) is 6.56. The molecular formula is C18H27NO3. The van der Waals surface area contributed by atoms with Crippen LogP contribution in [0.5, 0.6) is 0 Å². The lowest BCUT2D eigenvalue weighted by Crippen LogP contribution is -2.51. The average Bonchev–Trinajstić information content (AvgIpc) is 2.81. The van der Waals surface area contributed by atoms with E-state index in [1.54, 1.807) is 0 Å². The second-order valence-electron chi connectivity index (χ2n) is 8.62. The molecule has 1 heterocycles. The maximum absolute atomic E-state index is 12.5. The highest BCUT2D eigenvalue weighted by Gasteiger charge is 2.51. The van der Waals surface area contributed by atoms with Gasteiger partial charge < -0.3 is 9.64 Å². The number of hydrogen-bond acceptors (Lipinski definition) is 3. The monoisotopic (exact) mass is 305 g/mol. The quantitative estimate of drug-likeness (QED) is 0.750. The van der Waals surface area contributed by atoms with Crippen molar-refractivity contribution in [2.24, 2.45) is 29.1 Å². The summed E-state index contributed by atoms with van der Waals surface area (Å²) in [5.74, 6) is 2.92. The number of hydrogen-bond donors (Lipinski definition) is 0. The molecule has 0 radical (unpaired) electrons. The molecule has 0 aromatic heterocycles. The van der Waals surface area contributed by atoms with E-state index in [2.05, 4.69) is 0 Å². The molecule has 4 nitrogen and oxygen atoms in total. The van der Waals surface area contributed by atoms with E-state index in [9.17, 15) is 9.59 Å². The summed E-state index contributed by atoms with van der Waals surface area (Å²) in [6, 6.07) is 0. The second kappa shape index (κ2) is 5.24. The maximum Gasteiger partial charge on any atom is 0.306 e. The van der Waals surface area contributed by atoms with Crippen LogP contribution in [0.4, 0.5) is 0 Å². The number of rotatable bonds is 4.